The zero-order valence-corrected chi connectivity index (χ0v) is 10.4. The lowest BCUT2D eigenvalue weighted by Gasteiger charge is -2.15. The Balaban J connectivity index is 2.23. The van der Waals surface area contributed by atoms with Crippen molar-refractivity contribution in [2.75, 3.05) is 0 Å². The fraction of sp³-hybridized carbons (Fsp3) is 0.692. The third-order valence-electron chi connectivity index (χ3n) is 2.97. The zero-order chi connectivity index (χ0) is 12.7. The fourth-order valence-electron chi connectivity index (χ4n) is 2.01. The van der Waals surface area contributed by atoms with Gasteiger partial charge in [0.1, 0.15) is 0 Å². The molecule has 0 bridgehead atoms. The Morgan fingerprint density at radius 2 is 2.24 bits per heavy atom. The third kappa shape index (κ3) is 6.09. The lowest BCUT2D eigenvalue weighted by Crippen LogP contribution is -2.33. The molecule has 96 valence electrons. The maximum absolute atomic E-state index is 11.7. The van der Waals surface area contributed by atoms with Crippen molar-refractivity contribution in [1.29, 1.82) is 0 Å². The monoisotopic (exact) mass is 239 g/mol. The van der Waals surface area contributed by atoms with E-state index in [-0.39, 0.29) is 18.4 Å². The molecule has 1 unspecified atom stereocenters. The normalized spacial score (nSPS) is 17.1. The molecule has 1 aliphatic rings. The van der Waals surface area contributed by atoms with Crippen LogP contribution in [0.15, 0.2) is 11.6 Å². The predicted molar refractivity (Wildman–Crippen MR) is 65.6 cm³/mol. The molecule has 1 aliphatic carbocycles. The number of aliphatic carboxylic acids is 1. The minimum atomic E-state index is -0.818. The highest BCUT2D eigenvalue weighted by atomic mass is 16.4. The molecule has 4 nitrogen and oxygen atoms in total. The average Bonchev–Trinajstić information content (AvgIpc) is 2.27. The Morgan fingerprint density at radius 1 is 1.47 bits per heavy atom. The van der Waals surface area contributed by atoms with Crippen LogP contribution in [-0.2, 0) is 9.59 Å². The second-order valence-electron chi connectivity index (χ2n) is 4.69. The predicted octanol–water partition coefficient (Wildman–Crippen LogP) is 2.25. The number of amides is 1. The first kappa shape index (κ1) is 13.7. The van der Waals surface area contributed by atoms with Crippen LogP contribution in [0.4, 0.5) is 0 Å². The van der Waals surface area contributed by atoms with Crippen LogP contribution in [0.25, 0.3) is 0 Å². The smallest absolute Gasteiger partial charge is 0.303 e. The first-order valence-electron chi connectivity index (χ1n) is 6.27. The Kier molecular flexibility index (Phi) is 5.73. The molecule has 0 aromatic heterocycles. The summed E-state index contributed by atoms with van der Waals surface area (Å²) in [7, 11) is 0. The van der Waals surface area contributed by atoms with E-state index in [9.17, 15) is 9.59 Å². The van der Waals surface area contributed by atoms with E-state index in [4.69, 9.17) is 5.11 Å². The number of carbonyl (C=O) groups excluding carboxylic acids is 1. The van der Waals surface area contributed by atoms with Crippen LogP contribution < -0.4 is 5.32 Å². The largest absolute Gasteiger partial charge is 0.481 e. The molecule has 0 aromatic carbocycles. The van der Waals surface area contributed by atoms with Gasteiger partial charge >= 0.3 is 5.97 Å². The minimum Gasteiger partial charge on any atom is -0.481 e. The van der Waals surface area contributed by atoms with Gasteiger partial charge in [-0.25, -0.2) is 0 Å². The average molecular weight is 239 g/mol. The number of allylic oxidation sites excluding steroid dienone is 1. The molecule has 1 amide bonds. The van der Waals surface area contributed by atoms with Crippen LogP contribution in [0, 0.1) is 0 Å². The molecule has 1 atom stereocenters. The molecule has 0 saturated heterocycles. The lowest BCUT2D eigenvalue weighted by molar-refractivity contribution is -0.137. The zero-order valence-electron chi connectivity index (χ0n) is 10.4. The quantitative estimate of drug-likeness (QED) is 0.699. The van der Waals surface area contributed by atoms with Gasteiger partial charge in [-0.3, -0.25) is 9.59 Å². The molecular formula is C13H21NO3. The van der Waals surface area contributed by atoms with Crippen LogP contribution in [-0.4, -0.2) is 23.0 Å². The third-order valence-corrected chi connectivity index (χ3v) is 2.97. The SMILES string of the molecule is CC(CCC(=O)O)NC(=O)CC1=CCCCC1. The Morgan fingerprint density at radius 3 is 2.82 bits per heavy atom. The van der Waals surface area contributed by atoms with Crippen molar-refractivity contribution in [1.82, 2.24) is 5.32 Å². The fourth-order valence-corrected chi connectivity index (χ4v) is 2.01. The number of carboxylic acid groups (broad SMARTS) is 1. The molecule has 17 heavy (non-hydrogen) atoms. The van der Waals surface area contributed by atoms with Gasteiger partial charge in [-0.1, -0.05) is 11.6 Å². The van der Waals surface area contributed by atoms with E-state index in [0.717, 1.165) is 12.8 Å². The number of carboxylic acids is 1. The maximum atomic E-state index is 11.7. The van der Waals surface area contributed by atoms with Gasteiger partial charge in [-0.15, -0.1) is 0 Å². The Labute approximate surface area is 102 Å². The summed E-state index contributed by atoms with van der Waals surface area (Å²) in [5.41, 5.74) is 1.22. The highest BCUT2D eigenvalue weighted by Crippen LogP contribution is 2.19. The van der Waals surface area contributed by atoms with Crippen LogP contribution in [0.1, 0.15) is 51.9 Å². The van der Waals surface area contributed by atoms with Crippen molar-refractivity contribution in [3.63, 3.8) is 0 Å². The van der Waals surface area contributed by atoms with E-state index in [0.29, 0.717) is 12.8 Å². The lowest BCUT2D eigenvalue weighted by atomic mass is 9.97. The van der Waals surface area contributed by atoms with E-state index < -0.39 is 5.97 Å². The van der Waals surface area contributed by atoms with Gasteiger partial charge in [-0.05, 0) is 39.0 Å². The second kappa shape index (κ2) is 7.09. The first-order chi connectivity index (χ1) is 8.08. The molecule has 0 fully saturated rings. The molecule has 0 spiro atoms. The van der Waals surface area contributed by atoms with E-state index in [1.165, 1.54) is 18.4 Å². The van der Waals surface area contributed by atoms with Gasteiger partial charge in [0.15, 0.2) is 0 Å². The van der Waals surface area contributed by atoms with Gasteiger partial charge in [-0.2, -0.15) is 0 Å². The van der Waals surface area contributed by atoms with E-state index in [1.54, 1.807) is 0 Å². The van der Waals surface area contributed by atoms with E-state index >= 15 is 0 Å². The van der Waals surface area contributed by atoms with Gasteiger partial charge in [0, 0.05) is 18.9 Å². The molecule has 0 aromatic rings. The van der Waals surface area contributed by atoms with Crippen molar-refractivity contribution in [3.8, 4) is 0 Å². The van der Waals surface area contributed by atoms with Crippen LogP contribution in [0.2, 0.25) is 0 Å². The van der Waals surface area contributed by atoms with Crippen molar-refractivity contribution >= 4 is 11.9 Å². The summed E-state index contributed by atoms with van der Waals surface area (Å²) in [6.45, 7) is 1.84. The topological polar surface area (TPSA) is 66.4 Å². The molecular weight excluding hydrogens is 218 g/mol. The number of hydrogen-bond acceptors (Lipinski definition) is 2. The number of rotatable bonds is 6. The van der Waals surface area contributed by atoms with Crippen LogP contribution in [0.5, 0.6) is 0 Å². The molecule has 1 rings (SSSR count). The van der Waals surface area contributed by atoms with Gasteiger partial charge in [0.05, 0.1) is 0 Å². The van der Waals surface area contributed by atoms with E-state index in [2.05, 4.69) is 11.4 Å². The molecule has 0 saturated carbocycles. The van der Waals surface area contributed by atoms with Crippen molar-refractivity contribution in [3.05, 3.63) is 11.6 Å². The first-order valence-corrected chi connectivity index (χ1v) is 6.27. The molecule has 4 heteroatoms. The van der Waals surface area contributed by atoms with Gasteiger partial charge < -0.3 is 10.4 Å². The summed E-state index contributed by atoms with van der Waals surface area (Å²) in [6.07, 6.45) is 7.72. The standard InChI is InChI=1S/C13H21NO3/c1-10(7-8-13(16)17)14-12(15)9-11-5-3-2-4-6-11/h5,10H,2-4,6-9H2,1H3,(H,14,15)(H,16,17). The Bertz CT molecular complexity index is 310. The van der Waals surface area contributed by atoms with Crippen LogP contribution in [0.3, 0.4) is 0 Å². The summed E-state index contributed by atoms with van der Waals surface area (Å²) in [6, 6.07) is -0.0669. The maximum Gasteiger partial charge on any atom is 0.303 e. The summed E-state index contributed by atoms with van der Waals surface area (Å²) in [4.78, 5) is 22.1. The molecule has 0 heterocycles. The van der Waals surface area contributed by atoms with Gasteiger partial charge in [0.25, 0.3) is 0 Å². The van der Waals surface area contributed by atoms with Gasteiger partial charge in [0.2, 0.25) is 5.91 Å². The molecule has 0 radical (unpaired) electrons. The summed E-state index contributed by atoms with van der Waals surface area (Å²) in [5, 5.41) is 11.4. The van der Waals surface area contributed by atoms with E-state index in [1.807, 2.05) is 6.92 Å². The summed E-state index contributed by atoms with van der Waals surface area (Å²) >= 11 is 0. The molecule has 2 N–H and O–H groups in total. The van der Waals surface area contributed by atoms with Crippen molar-refractivity contribution < 1.29 is 14.7 Å². The number of carbonyl (C=O) groups is 2. The van der Waals surface area contributed by atoms with Crippen molar-refractivity contribution in [2.45, 2.75) is 57.9 Å². The highest BCUT2D eigenvalue weighted by Gasteiger charge is 2.12. The summed E-state index contributed by atoms with van der Waals surface area (Å²) < 4.78 is 0. The minimum absolute atomic E-state index is 0.0102. The van der Waals surface area contributed by atoms with Crippen molar-refractivity contribution in [2.24, 2.45) is 0 Å². The summed E-state index contributed by atoms with van der Waals surface area (Å²) in [5.74, 6) is -0.808. The highest BCUT2D eigenvalue weighted by molar-refractivity contribution is 5.78. The van der Waals surface area contributed by atoms with Crippen LogP contribution >= 0.6 is 0 Å². The molecule has 0 aliphatic heterocycles. The second-order valence-corrected chi connectivity index (χ2v) is 4.69. The number of hydrogen-bond donors (Lipinski definition) is 2. The number of nitrogens with one attached hydrogen (secondary N) is 1. The Hall–Kier alpha value is -1.32.